The lowest BCUT2D eigenvalue weighted by molar-refractivity contribution is 1.28. The van der Waals surface area contributed by atoms with E-state index >= 15 is 0 Å². The lowest BCUT2D eigenvalue weighted by Crippen LogP contribution is -1.96. The molecule has 2 aromatic carbocycles. The van der Waals surface area contributed by atoms with Gasteiger partial charge in [-0.3, -0.25) is 4.99 Å². The molecule has 0 aliphatic rings. The first kappa shape index (κ1) is 12.8. The molecule has 0 amide bonds. The van der Waals surface area contributed by atoms with E-state index in [-0.39, 0.29) is 0 Å². The van der Waals surface area contributed by atoms with Crippen LogP contribution >= 0.6 is 11.6 Å². The Morgan fingerprint density at radius 3 is 2.22 bits per heavy atom. The van der Waals surface area contributed by atoms with Crippen molar-refractivity contribution in [2.24, 2.45) is 4.99 Å². The van der Waals surface area contributed by atoms with Crippen LogP contribution in [0.1, 0.15) is 18.1 Å². The molecule has 2 rings (SSSR count). The maximum atomic E-state index is 5.76. The third-order valence-electron chi connectivity index (χ3n) is 2.71. The van der Waals surface area contributed by atoms with Crippen LogP contribution in [-0.4, -0.2) is 5.71 Å². The highest BCUT2D eigenvalue weighted by atomic mass is 35.5. The molecular weight excluding hydrogens is 242 g/mol. The molecule has 0 fully saturated rings. The molecule has 1 nitrogen and oxygen atoms in total. The van der Waals surface area contributed by atoms with Gasteiger partial charge >= 0.3 is 0 Å². The van der Waals surface area contributed by atoms with E-state index in [2.05, 4.69) is 36.2 Å². The average Bonchev–Trinajstić information content (AvgIpc) is 2.40. The van der Waals surface area contributed by atoms with Gasteiger partial charge in [0, 0.05) is 18.0 Å². The van der Waals surface area contributed by atoms with Crippen LogP contribution in [0.5, 0.6) is 0 Å². The quantitative estimate of drug-likeness (QED) is 0.553. The van der Waals surface area contributed by atoms with E-state index in [1.165, 1.54) is 5.56 Å². The Morgan fingerprint density at radius 1 is 0.944 bits per heavy atom. The second kappa shape index (κ2) is 6.36. The summed E-state index contributed by atoms with van der Waals surface area (Å²) in [6, 6.07) is 18.4. The fourth-order valence-electron chi connectivity index (χ4n) is 1.81. The molecule has 0 aliphatic carbocycles. The van der Waals surface area contributed by atoms with Crippen molar-refractivity contribution in [3.05, 3.63) is 65.7 Å². The van der Waals surface area contributed by atoms with Crippen molar-refractivity contribution >= 4 is 23.0 Å². The van der Waals surface area contributed by atoms with Crippen LogP contribution in [0.25, 0.3) is 0 Å². The van der Waals surface area contributed by atoms with Crippen molar-refractivity contribution in [1.29, 1.82) is 0 Å². The summed E-state index contributed by atoms with van der Waals surface area (Å²) in [4.78, 5) is 4.60. The van der Waals surface area contributed by atoms with Gasteiger partial charge in [-0.15, -0.1) is 11.6 Å². The van der Waals surface area contributed by atoms with Crippen molar-refractivity contribution in [2.75, 3.05) is 0 Å². The monoisotopic (exact) mass is 257 g/mol. The van der Waals surface area contributed by atoms with Crippen LogP contribution < -0.4 is 0 Å². The van der Waals surface area contributed by atoms with Gasteiger partial charge in [0.1, 0.15) is 0 Å². The number of hydrogen-bond donors (Lipinski definition) is 0. The predicted octanol–water partition coefficient (Wildman–Crippen LogP) is 4.76. The number of halogens is 1. The molecule has 0 atom stereocenters. The van der Waals surface area contributed by atoms with Crippen molar-refractivity contribution in [1.82, 2.24) is 0 Å². The van der Waals surface area contributed by atoms with Crippen LogP contribution in [0.3, 0.4) is 0 Å². The maximum Gasteiger partial charge on any atom is 0.0629 e. The number of rotatable bonds is 4. The molecular formula is C16H16ClN. The minimum atomic E-state index is 0.549. The van der Waals surface area contributed by atoms with Crippen LogP contribution in [0.4, 0.5) is 5.69 Å². The highest BCUT2D eigenvalue weighted by Gasteiger charge is 1.96. The van der Waals surface area contributed by atoms with Crippen molar-refractivity contribution in [3.63, 3.8) is 0 Å². The van der Waals surface area contributed by atoms with Crippen molar-refractivity contribution < 1.29 is 0 Å². The van der Waals surface area contributed by atoms with Gasteiger partial charge in [0.25, 0.3) is 0 Å². The van der Waals surface area contributed by atoms with E-state index < -0.39 is 0 Å². The molecule has 0 spiro atoms. The van der Waals surface area contributed by atoms with E-state index in [4.69, 9.17) is 11.6 Å². The van der Waals surface area contributed by atoms with Gasteiger partial charge in [0.2, 0.25) is 0 Å². The number of alkyl halides is 1. The van der Waals surface area contributed by atoms with Gasteiger partial charge in [-0.2, -0.15) is 0 Å². The molecule has 2 heteroatoms. The fraction of sp³-hybridized carbons (Fsp3) is 0.188. The Kier molecular flexibility index (Phi) is 4.54. The van der Waals surface area contributed by atoms with E-state index in [1.54, 1.807) is 0 Å². The topological polar surface area (TPSA) is 12.4 Å². The third kappa shape index (κ3) is 3.71. The van der Waals surface area contributed by atoms with Crippen LogP contribution in [-0.2, 0) is 12.3 Å². The molecule has 0 heterocycles. The van der Waals surface area contributed by atoms with Gasteiger partial charge < -0.3 is 0 Å². The zero-order valence-corrected chi connectivity index (χ0v) is 11.2. The Morgan fingerprint density at radius 2 is 1.61 bits per heavy atom. The van der Waals surface area contributed by atoms with E-state index in [0.29, 0.717) is 5.88 Å². The molecule has 92 valence electrons. The van der Waals surface area contributed by atoms with Gasteiger partial charge in [0.05, 0.1) is 5.69 Å². The number of nitrogens with zero attached hydrogens (tertiary/aromatic N) is 1. The molecule has 18 heavy (non-hydrogen) atoms. The van der Waals surface area contributed by atoms with Crippen molar-refractivity contribution in [2.45, 2.75) is 19.2 Å². The molecule has 0 bridgehead atoms. The first-order valence-electron chi connectivity index (χ1n) is 6.01. The molecule has 0 N–H and O–H groups in total. The third-order valence-corrected chi connectivity index (χ3v) is 3.02. The lowest BCUT2D eigenvalue weighted by Gasteiger charge is -2.02. The second-order valence-corrected chi connectivity index (χ2v) is 4.58. The van der Waals surface area contributed by atoms with E-state index in [0.717, 1.165) is 23.4 Å². The SMILES string of the molecule is CC(Cc1ccccc1)=Nc1ccc(CCl)cc1. The second-order valence-electron chi connectivity index (χ2n) is 4.31. The Hall–Kier alpha value is -1.60. The summed E-state index contributed by atoms with van der Waals surface area (Å²) in [7, 11) is 0. The summed E-state index contributed by atoms with van der Waals surface area (Å²) in [6.07, 6.45) is 0.887. The van der Waals surface area contributed by atoms with Gasteiger partial charge in [-0.05, 0) is 30.2 Å². The zero-order chi connectivity index (χ0) is 12.8. The summed E-state index contributed by atoms with van der Waals surface area (Å²) in [5.74, 6) is 0.549. The minimum Gasteiger partial charge on any atom is -0.258 e. The fourth-order valence-corrected chi connectivity index (χ4v) is 1.99. The summed E-state index contributed by atoms with van der Waals surface area (Å²) in [5.41, 5.74) is 4.50. The molecule has 2 aromatic rings. The molecule has 0 saturated carbocycles. The summed E-state index contributed by atoms with van der Waals surface area (Å²) < 4.78 is 0. The molecule has 0 saturated heterocycles. The molecule has 0 unspecified atom stereocenters. The van der Waals surface area contributed by atoms with Crippen LogP contribution in [0.2, 0.25) is 0 Å². The highest BCUT2D eigenvalue weighted by molar-refractivity contribution is 6.17. The molecule has 0 aromatic heterocycles. The van der Waals surface area contributed by atoms with Crippen LogP contribution in [0, 0.1) is 0 Å². The largest absolute Gasteiger partial charge is 0.258 e. The number of aliphatic imine (C=N–C) groups is 1. The summed E-state index contributed by atoms with van der Waals surface area (Å²) in [6.45, 7) is 2.06. The maximum absolute atomic E-state index is 5.76. The first-order chi connectivity index (χ1) is 8.78. The van der Waals surface area contributed by atoms with Gasteiger partial charge in [0.15, 0.2) is 0 Å². The Bertz CT molecular complexity index is 515. The van der Waals surface area contributed by atoms with Gasteiger partial charge in [-0.25, -0.2) is 0 Å². The Labute approximate surface area is 113 Å². The predicted molar refractivity (Wildman–Crippen MR) is 78.9 cm³/mol. The number of hydrogen-bond acceptors (Lipinski definition) is 1. The smallest absolute Gasteiger partial charge is 0.0629 e. The van der Waals surface area contributed by atoms with Crippen LogP contribution in [0.15, 0.2) is 59.6 Å². The first-order valence-corrected chi connectivity index (χ1v) is 6.54. The van der Waals surface area contributed by atoms with E-state index in [9.17, 15) is 0 Å². The van der Waals surface area contributed by atoms with Gasteiger partial charge in [-0.1, -0.05) is 42.5 Å². The Balaban J connectivity index is 2.07. The highest BCUT2D eigenvalue weighted by Crippen LogP contribution is 2.15. The summed E-state index contributed by atoms with van der Waals surface area (Å²) >= 11 is 5.76. The summed E-state index contributed by atoms with van der Waals surface area (Å²) in [5, 5.41) is 0. The number of benzene rings is 2. The van der Waals surface area contributed by atoms with Crippen molar-refractivity contribution in [3.8, 4) is 0 Å². The zero-order valence-electron chi connectivity index (χ0n) is 10.4. The molecule has 0 radical (unpaired) electrons. The normalized spacial score (nSPS) is 11.6. The lowest BCUT2D eigenvalue weighted by atomic mass is 10.1. The minimum absolute atomic E-state index is 0.549. The average molecular weight is 258 g/mol. The molecule has 0 aliphatic heterocycles. The van der Waals surface area contributed by atoms with E-state index in [1.807, 2.05) is 30.3 Å². The standard InChI is InChI=1S/C16H16ClN/c1-13(11-14-5-3-2-4-6-14)18-16-9-7-15(12-17)8-10-16/h2-10H,11-12H2,1H3.